The van der Waals surface area contributed by atoms with Crippen LogP contribution in [0.5, 0.6) is 5.75 Å². The quantitative estimate of drug-likeness (QED) is 0.426. The van der Waals surface area contributed by atoms with E-state index in [1.807, 2.05) is 0 Å². The van der Waals surface area contributed by atoms with Gasteiger partial charge in [0.1, 0.15) is 6.61 Å². The Balaban J connectivity index is 2.22. The largest absolute Gasteiger partial charge is 0.486 e. The lowest BCUT2D eigenvalue weighted by atomic mass is 10.2. The lowest BCUT2D eigenvalue weighted by Crippen LogP contribution is -2.02. The van der Waals surface area contributed by atoms with E-state index in [0.29, 0.717) is 5.33 Å². The molecule has 2 aromatic rings. The van der Waals surface area contributed by atoms with E-state index < -0.39 is 10.7 Å². The first-order valence-corrected chi connectivity index (χ1v) is 7.42. The van der Waals surface area contributed by atoms with E-state index in [-0.39, 0.29) is 28.6 Å². The Morgan fingerprint density at radius 2 is 2.10 bits per heavy atom. The summed E-state index contributed by atoms with van der Waals surface area (Å²) in [5, 5.41) is 11.7. The van der Waals surface area contributed by atoms with Crippen LogP contribution in [0.4, 0.5) is 10.1 Å². The molecule has 0 aliphatic rings. The van der Waals surface area contributed by atoms with Gasteiger partial charge in [-0.3, -0.25) is 10.1 Å². The fourth-order valence-electron chi connectivity index (χ4n) is 1.76. The minimum Gasteiger partial charge on any atom is -0.486 e. The van der Waals surface area contributed by atoms with Crippen LogP contribution in [0.2, 0.25) is 5.02 Å². The average molecular weight is 375 g/mol. The molecule has 21 heavy (non-hydrogen) atoms. The van der Waals surface area contributed by atoms with Crippen LogP contribution in [-0.2, 0) is 11.9 Å². The number of hydrogen-bond acceptors (Lipinski definition) is 3. The molecule has 2 rings (SSSR count). The van der Waals surface area contributed by atoms with Gasteiger partial charge in [-0.05, 0) is 23.8 Å². The van der Waals surface area contributed by atoms with Gasteiger partial charge in [0, 0.05) is 11.4 Å². The first-order valence-electron chi connectivity index (χ1n) is 5.92. The van der Waals surface area contributed by atoms with E-state index in [2.05, 4.69) is 15.9 Å². The van der Waals surface area contributed by atoms with Gasteiger partial charge in [0.2, 0.25) is 0 Å². The van der Waals surface area contributed by atoms with Crippen LogP contribution >= 0.6 is 27.5 Å². The molecule has 0 saturated heterocycles. The van der Waals surface area contributed by atoms with Gasteiger partial charge in [-0.25, -0.2) is 4.39 Å². The van der Waals surface area contributed by atoms with Crippen molar-refractivity contribution in [1.82, 2.24) is 0 Å². The second kappa shape index (κ2) is 6.87. The number of nitro benzene ring substituents is 1. The number of nitrogens with zero attached hydrogens (tertiary/aromatic N) is 1. The number of halogens is 3. The fourth-order valence-corrected chi connectivity index (χ4v) is 2.33. The molecule has 110 valence electrons. The van der Waals surface area contributed by atoms with Crippen LogP contribution in [0.3, 0.4) is 0 Å². The van der Waals surface area contributed by atoms with Crippen LogP contribution in [0.1, 0.15) is 11.1 Å². The van der Waals surface area contributed by atoms with Crippen molar-refractivity contribution in [3.05, 3.63) is 68.5 Å². The van der Waals surface area contributed by atoms with Crippen LogP contribution in [0, 0.1) is 15.9 Å². The van der Waals surface area contributed by atoms with Gasteiger partial charge in [-0.1, -0.05) is 39.7 Å². The molecule has 0 heterocycles. The summed E-state index contributed by atoms with van der Waals surface area (Å²) in [5.41, 5.74) is 0.830. The standard InChI is InChI=1S/C14H10BrClFNO3/c15-7-9-4-5-14(12(17)6-9)21-8-10-11(16)2-1-3-13(10)18(19)20/h1-6H,7-8H2. The third-order valence-corrected chi connectivity index (χ3v) is 3.82. The second-order valence-corrected chi connectivity index (χ2v) is 5.15. The smallest absolute Gasteiger partial charge is 0.277 e. The van der Waals surface area contributed by atoms with Gasteiger partial charge in [0.05, 0.1) is 15.5 Å². The monoisotopic (exact) mass is 373 g/mol. The minimum atomic E-state index is -0.547. The van der Waals surface area contributed by atoms with E-state index in [1.54, 1.807) is 6.07 Å². The maximum Gasteiger partial charge on any atom is 0.277 e. The van der Waals surface area contributed by atoms with E-state index in [4.69, 9.17) is 16.3 Å². The van der Waals surface area contributed by atoms with Crippen molar-refractivity contribution in [2.24, 2.45) is 0 Å². The first kappa shape index (κ1) is 15.7. The van der Waals surface area contributed by atoms with Crippen LogP contribution < -0.4 is 4.74 Å². The Hall–Kier alpha value is -1.66. The topological polar surface area (TPSA) is 52.4 Å². The molecule has 0 spiro atoms. The number of benzene rings is 2. The molecule has 0 aromatic heterocycles. The van der Waals surface area contributed by atoms with Crippen molar-refractivity contribution in [1.29, 1.82) is 0 Å². The van der Waals surface area contributed by atoms with Crippen molar-refractivity contribution >= 4 is 33.2 Å². The summed E-state index contributed by atoms with van der Waals surface area (Å²) < 4.78 is 19.1. The molecule has 7 heteroatoms. The fraction of sp³-hybridized carbons (Fsp3) is 0.143. The van der Waals surface area contributed by atoms with E-state index in [1.165, 1.54) is 30.3 Å². The molecule has 4 nitrogen and oxygen atoms in total. The molecule has 0 bridgehead atoms. The van der Waals surface area contributed by atoms with Gasteiger partial charge >= 0.3 is 0 Å². The summed E-state index contributed by atoms with van der Waals surface area (Å²) in [6.45, 7) is -0.180. The molecule has 0 amide bonds. The van der Waals surface area contributed by atoms with Gasteiger partial charge < -0.3 is 4.74 Å². The highest BCUT2D eigenvalue weighted by Gasteiger charge is 2.17. The van der Waals surface area contributed by atoms with Crippen molar-refractivity contribution in [2.45, 2.75) is 11.9 Å². The van der Waals surface area contributed by atoms with Gasteiger partial charge in [0.15, 0.2) is 11.6 Å². The molecule has 0 aliphatic carbocycles. The predicted molar refractivity (Wildman–Crippen MR) is 81.5 cm³/mol. The van der Waals surface area contributed by atoms with Crippen LogP contribution in [0.15, 0.2) is 36.4 Å². The van der Waals surface area contributed by atoms with Crippen LogP contribution in [0.25, 0.3) is 0 Å². The zero-order chi connectivity index (χ0) is 15.4. The molecule has 0 fully saturated rings. The second-order valence-electron chi connectivity index (χ2n) is 4.18. The molecule has 0 saturated carbocycles. The van der Waals surface area contributed by atoms with Gasteiger partial charge in [-0.2, -0.15) is 0 Å². The van der Waals surface area contributed by atoms with E-state index in [0.717, 1.165) is 5.56 Å². The van der Waals surface area contributed by atoms with Crippen molar-refractivity contribution in [2.75, 3.05) is 0 Å². The third-order valence-electron chi connectivity index (χ3n) is 2.81. The number of alkyl halides is 1. The maximum absolute atomic E-state index is 13.8. The lowest BCUT2D eigenvalue weighted by molar-refractivity contribution is -0.385. The minimum absolute atomic E-state index is 0.0221. The Bertz CT molecular complexity index is 681. The first-order chi connectivity index (χ1) is 10.0. The number of hydrogen-bond donors (Lipinski definition) is 0. The SMILES string of the molecule is O=[N+]([O-])c1cccc(Cl)c1COc1ccc(CBr)cc1F. The van der Waals surface area contributed by atoms with Crippen molar-refractivity contribution < 1.29 is 14.1 Å². The third kappa shape index (κ3) is 3.71. The highest BCUT2D eigenvalue weighted by atomic mass is 79.9. The Labute approximate surface area is 133 Å². The van der Waals surface area contributed by atoms with Gasteiger partial charge in [-0.15, -0.1) is 0 Å². The highest BCUT2D eigenvalue weighted by molar-refractivity contribution is 9.08. The summed E-state index contributed by atoms with van der Waals surface area (Å²) in [6.07, 6.45) is 0. The van der Waals surface area contributed by atoms with E-state index in [9.17, 15) is 14.5 Å². The summed E-state index contributed by atoms with van der Waals surface area (Å²) in [4.78, 5) is 10.4. The Morgan fingerprint density at radius 3 is 2.71 bits per heavy atom. The number of nitro groups is 1. The molecule has 0 radical (unpaired) electrons. The zero-order valence-corrected chi connectivity index (χ0v) is 13.0. The zero-order valence-electron chi connectivity index (χ0n) is 10.7. The highest BCUT2D eigenvalue weighted by Crippen LogP contribution is 2.28. The summed E-state index contributed by atoms with van der Waals surface area (Å²) in [7, 11) is 0. The Morgan fingerprint density at radius 1 is 1.33 bits per heavy atom. The predicted octanol–water partition coefficient (Wildman–Crippen LogP) is 4.86. The normalized spacial score (nSPS) is 10.4. The molecule has 0 atom stereocenters. The summed E-state index contributed by atoms with van der Waals surface area (Å²) >= 11 is 9.17. The van der Waals surface area contributed by atoms with Crippen molar-refractivity contribution in [3.8, 4) is 5.75 Å². The maximum atomic E-state index is 13.8. The molecular formula is C14H10BrClFNO3. The number of rotatable bonds is 5. The molecule has 2 aromatic carbocycles. The molecule has 0 N–H and O–H groups in total. The summed E-state index contributed by atoms with van der Waals surface area (Å²) in [5.74, 6) is -0.504. The van der Waals surface area contributed by atoms with E-state index >= 15 is 0 Å². The average Bonchev–Trinajstić information content (AvgIpc) is 2.46. The Kier molecular flexibility index (Phi) is 5.14. The molecular weight excluding hydrogens is 365 g/mol. The number of ether oxygens (including phenoxy) is 1. The summed E-state index contributed by atoms with van der Waals surface area (Å²) in [6, 6.07) is 8.86. The van der Waals surface area contributed by atoms with Gasteiger partial charge in [0.25, 0.3) is 5.69 Å². The van der Waals surface area contributed by atoms with Crippen LogP contribution in [-0.4, -0.2) is 4.92 Å². The van der Waals surface area contributed by atoms with Crippen molar-refractivity contribution in [3.63, 3.8) is 0 Å². The molecule has 0 unspecified atom stereocenters. The lowest BCUT2D eigenvalue weighted by Gasteiger charge is -2.09. The molecule has 0 aliphatic heterocycles.